The summed E-state index contributed by atoms with van der Waals surface area (Å²) >= 11 is 0. The molecular weight excluding hydrogens is 2430 g/mol. The number of anilines is 11. The van der Waals surface area contributed by atoms with Crippen LogP contribution in [0.2, 0.25) is 0 Å². The van der Waals surface area contributed by atoms with Crippen molar-refractivity contribution in [1.82, 2.24) is 29.8 Å². The summed E-state index contributed by atoms with van der Waals surface area (Å²) in [5.41, 5.74) is 26.9. The van der Waals surface area contributed by atoms with Gasteiger partial charge in [0.2, 0.25) is 20.1 Å². The van der Waals surface area contributed by atoms with E-state index in [4.69, 9.17) is 0 Å². The van der Waals surface area contributed by atoms with Gasteiger partial charge in [-0.25, -0.2) is 0 Å². The second kappa shape index (κ2) is 54.1. The minimum Gasteiger partial charge on any atom is -0.510 e. The van der Waals surface area contributed by atoms with Crippen molar-refractivity contribution in [3.63, 3.8) is 0 Å². The van der Waals surface area contributed by atoms with E-state index >= 15 is 0 Å². The molecule has 10 aromatic carbocycles. The van der Waals surface area contributed by atoms with Crippen molar-refractivity contribution in [2.45, 2.75) is 55.4 Å². The summed E-state index contributed by atoms with van der Waals surface area (Å²) in [4.78, 5) is 42.0. The molecular formula is C117H106B4Ir4N15-2. The van der Waals surface area contributed by atoms with Gasteiger partial charge in [0.05, 0.1) is 6.71 Å². The fourth-order valence-electron chi connectivity index (χ4n) is 16.6. The molecule has 0 atom stereocenters. The van der Waals surface area contributed by atoms with Crippen molar-refractivity contribution in [2.24, 2.45) is 0 Å². The topological polar surface area (TPSA) is 96.9 Å². The second-order valence-electron chi connectivity index (χ2n) is 33.0. The Kier molecular flexibility index (Phi) is 41.3. The van der Waals surface area contributed by atoms with Crippen LogP contribution in [0.1, 0.15) is 44.5 Å². The average molecular weight is 2530 g/mol. The van der Waals surface area contributed by atoms with Gasteiger partial charge >= 0.3 is 60.3 Å². The zero-order chi connectivity index (χ0) is 94.3. The van der Waals surface area contributed by atoms with E-state index in [1.54, 1.807) is 24.8 Å². The fourth-order valence-corrected chi connectivity index (χ4v) is 16.6. The third-order valence-corrected chi connectivity index (χ3v) is 23.3. The predicted octanol–water partition coefficient (Wildman–Crippen LogP) is 22.1. The van der Waals surface area contributed by atoms with E-state index in [1.807, 2.05) is 258 Å². The molecule has 22 rings (SSSR count). The standard InChI is InChI=1S/4C17H16BN2.2C14H12N2.C11H8N.C10H10N2.4Ir/c3*1-14-6-5-7-15(2)17(14)18-9-12-20(13-10-18)16-8-3-4-11-19-16;1-14-6-5-7-15(2)17(14)20-12-9-18(10-13-20)16-8-3-4-11-19-16;2*1-15-11-16(12-7-3-2-4-8-12)14-10-6-5-9-13(14)15;1-2-6-10(7-3-1)11-8-4-5-9-12-11;1-11-7-8-12(9-11)10-5-3-2-4-6-10;;;;/h3*3-12H,1-2H3;3-9,11-13H,1-2H3;2*2-7,9-11H,1H3;1-6,8-9H;2-5,7-9H,1H3;;;;/q4*-1;2*-2;-1;-2;;3*+3. The molecule has 12 heterocycles. The van der Waals surface area contributed by atoms with Gasteiger partial charge in [-0.15, -0.1) is 132 Å². The number of hydrogen-bond donors (Lipinski definition) is 0. The van der Waals surface area contributed by atoms with Crippen molar-refractivity contribution in [2.75, 3.05) is 65.2 Å². The van der Waals surface area contributed by atoms with Gasteiger partial charge in [-0.05, 0) is 172 Å². The quantitative estimate of drug-likeness (QED) is 0.0857. The Hall–Kier alpha value is -13.5. The maximum atomic E-state index is 4.38. The van der Waals surface area contributed by atoms with Crippen LogP contribution in [0.4, 0.5) is 63.0 Å². The monoisotopic (exact) mass is 2540 g/mol. The smallest absolute Gasteiger partial charge is 0.510 e. The third-order valence-electron chi connectivity index (χ3n) is 23.3. The number of aromatic nitrogens is 5. The molecule has 7 aliphatic rings. The number of benzene rings is 10. The van der Waals surface area contributed by atoms with Crippen molar-refractivity contribution >= 4 is 112 Å². The molecule has 0 aliphatic carbocycles. The predicted molar refractivity (Wildman–Crippen MR) is 570 cm³/mol. The summed E-state index contributed by atoms with van der Waals surface area (Å²) in [6.07, 6.45) is 33.1. The van der Waals surface area contributed by atoms with Crippen LogP contribution in [0.3, 0.4) is 0 Å². The number of para-hydroxylation sites is 8. The van der Waals surface area contributed by atoms with Gasteiger partial charge < -0.3 is 74.9 Å². The third kappa shape index (κ3) is 28.6. The Morgan fingerprint density at radius 3 is 0.979 bits per heavy atom. The molecule has 23 heteroatoms. The van der Waals surface area contributed by atoms with Gasteiger partial charge in [-0.2, -0.15) is 117 Å². The Morgan fingerprint density at radius 2 is 0.657 bits per heavy atom. The molecule has 140 heavy (non-hydrogen) atoms. The van der Waals surface area contributed by atoms with Gasteiger partial charge in [-0.1, -0.05) is 207 Å². The van der Waals surface area contributed by atoms with Crippen molar-refractivity contribution < 1.29 is 80.4 Å². The van der Waals surface area contributed by atoms with Gasteiger partial charge in [-0.3, -0.25) is 4.98 Å². The minimum absolute atomic E-state index is 0. The van der Waals surface area contributed by atoms with Gasteiger partial charge in [0.25, 0.3) is 0 Å². The van der Waals surface area contributed by atoms with E-state index in [-0.39, 0.29) is 107 Å². The maximum absolute atomic E-state index is 4.38. The molecule has 1 radical (unpaired) electrons. The van der Waals surface area contributed by atoms with E-state index in [0.29, 0.717) is 0 Å². The first kappa shape index (κ1) is 107. The summed E-state index contributed by atoms with van der Waals surface area (Å²) in [7, 11) is 6.11. The molecule has 0 N–H and O–H groups in total. The summed E-state index contributed by atoms with van der Waals surface area (Å²) in [6, 6.07) is 116. The molecule has 5 aromatic heterocycles. The number of aryl methyl sites for hydroxylation is 8. The van der Waals surface area contributed by atoms with E-state index in [1.165, 1.54) is 89.3 Å². The van der Waals surface area contributed by atoms with Crippen LogP contribution < -0.4 is 66.1 Å². The molecule has 15 aromatic rings. The summed E-state index contributed by atoms with van der Waals surface area (Å²) in [5, 5.41) is 0. The summed E-state index contributed by atoms with van der Waals surface area (Å²) in [6.45, 7) is 24.4. The van der Waals surface area contributed by atoms with Crippen LogP contribution in [-0.2, 0) is 80.4 Å². The number of nitrogens with zero attached hydrogens (tertiary/aromatic N) is 15. The van der Waals surface area contributed by atoms with Gasteiger partial charge in [0, 0.05) is 97.0 Å². The molecule has 0 saturated heterocycles. The van der Waals surface area contributed by atoms with Gasteiger partial charge in [0.15, 0.2) is 0 Å². The molecule has 0 spiro atoms. The van der Waals surface area contributed by atoms with Crippen molar-refractivity contribution in [3.8, 4) is 11.3 Å². The molecule has 0 amide bonds. The van der Waals surface area contributed by atoms with Crippen molar-refractivity contribution in [3.05, 3.63) is 539 Å². The fraction of sp³-hybridized carbons (Fsp3) is 0.0940. The zero-order valence-corrected chi connectivity index (χ0v) is 89.6. The zero-order valence-electron chi connectivity index (χ0n) is 80.0. The summed E-state index contributed by atoms with van der Waals surface area (Å²) in [5.74, 6) is 21.1. The Labute approximate surface area is 885 Å². The Morgan fingerprint density at radius 1 is 0.300 bits per heavy atom. The first-order valence-corrected chi connectivity index (χ1v) is 45.5. The largest absolute Gasteiger partial charge is 3.00 e. The number of hydrogen-bond acceptors (Lipinski definition) is 15. The first-order chi connectivity index (χ1) is 66.6. The van der Waals surface area contributed by atoms with Crippen LogP contribution in [0, 0.1) is 124 Å². The maximum Gasteiger partial charge on any atom is 3.00 e. The molecule has 15 nitrogen and oxygen atoms in total. The Bertz CT molecular complexity index is 5920. The van der Waals surface area contributed by atoms with Crippen LogP contribution in [-0.4, -0.2) is 77.8 Å². The van der Waals surface area contributed by atoms with E-state index < -0.39 is 0 Å². The number of pyridine rings is 5. The van der Waals surface area contributed by atoms with Crippen LogP contribution in [0.15, 0.2) is 426 Å². The van der Waals surface area contributed by atoms with Crippen molar-refractivity contribution in [1.29, 1.82) is 0 Å². The molecule has 0 saturated carbocycles. The number of fused-ring (bicyclic) bond motifs is 2. The first-order valence-electron chi connectivity index (χ1n) is 45.5. The molecule has 0 bridgehead atoms. The normalized spacial score (nSPS) is 13.3. The molecule has 0 fully saturated rings. The average Bonchev–Trinajstić information content (AvgIpc) is 1.62. The Balaban J connectivity index is 0.000000153. The number of rotatable bonds is 12. The van der Waals surface area contributed by atoms with E-state index in [0.717, 1.165) is 51.4 Å². The summed E-state index contributed by atoms with van der Waals surface area (Å²) < 4.78 is 0. The SMILES string of the molecule is CN1C=CN(c2[c-]cccc2)[CH-]1.CN1[CH-]N(c2[c-]cccc2)c2ccccc21.CN1[CH-]N(c2[c-]cccc2)c2ccccc21.Cc1cccc(C)c1B1C=[C-]N(c2ccccn2)C=C1.Cc1cccc(C)c1B1C=[C-]N(c2ccccn2)C=C1.Cc1cccc(C)c1B1C=[C-]N(c2ccccn2)C=C1.Cc1cccc(C)c1N1C=[C-]B(c2ccccn2)C=C1.[Ir+3].[Ir+3].[Ir+3].[Ir].[c-]1ccccc1-c1ccccn1. The van der Waals surface area contributed by atoms with E-state index in [2.05, 4.69) is 363 Å². The van der Waals surface area contributed by atoms with Crippen LogP contribution in [0.5, 0.6) is 0 Å². The van der Waals surface area contributed by atoms with E-state index in [9.17, 15) is 0 Å². The molecule has 699 valence electrons. The molecule has 7 aliphatic heterocycles. The minimum atomic E-state index is 0. The second-order valence-corrected chi connectivity index (χ2v) is 33.0. The molecule has 0 unspecified atom stereocenters. The van der Waals surface area contributed by atoms with Crippen LogP contribution >= 0.6 is 0 Å². The van der Waals surface area contributed by atoms with Crippen LogP contribution in [0.25, 0.3) is 11.3 Å². The van der Waals surface area contributed by atoms with Gasteiger partial charge in [0.1, 0.15) is 0 Å².